The lowest BCUT2D eigenvalue weighted by atomic mass is 10.2. The van der Waals surface area contributed by atoms with E-state index in [2.05, 4.69) is 4.74 Å². The summed E-state index contributed by atoms with van der Waals surface area (Å²) in [4.78, 5) is 11.5. The van der Waals surface area contributed by atoms with Crippen LogP contribution in [0.5, 0.6) is 5.75 Å². The van der Waals surface area contributed by atoms with Gasteiger partial charge in [0.1, 0.15) is 11.3 Å². The van der Waals surface area contributed by atoms with Gasteiger partial charge in [-0.15, -0.1) is 0 Å². The van der Waals surface area contributed by atoms with Crippen molar-refractivity contribution in [2.45, 2.75) is 31.0 Å². The highest BCUT2D eigenvalue weighted by molar-refractivity contribution is 7.91. The summed E-state index contributed by atoms with van der Waals surface area (Å²) in [6.45, 7) is 2.18. The fraction of sp³-hybridized carbons (Fsp3) is 0.462. The van der Waals surface area contributed by atoms with Crippen LogP contribution < -0.4 is 4.74 Å². The van der Waals surface area contributed by atoms with Crippen molar-refractivity contribution in [1.82, 2.24) is 0 Å². The second-order valence-corrected chi connectivity index (χ2v) is 6.63. The topological polar surface area (TPSA) is 69.7 Å². The Morgan fingerprint density at radius 2 is 1.91 bits per heavy atom. The Morgan fingerprint density at radius 3 is 2.36 bits per heavy atom. The van der Waals surface area contributed by atoms with Crippen molar-refractivity contribution in [2.75, 3.05) is 12.9 Å². The van der Waals surface area contributed by atoms with Gasteiger partial charge >= 0.3 is 12.1 Å². The zero-order valence-corrected chi connectivity index (χ0v) is 12.9. The van der Waals surface area contributed by atoms with Gasteiger partial charge in [-0.1, -0.05) is 6.92 Å². The van der Waals surface area contributed by atoms with E-state index in [0.717, 1.165) is 32.2 Å². The fourth-order valence-electron chi connectivity index (χ4n) is 1.50. The molecule has 0 saturated heterocycles. The minimum Gasteiger partial charge on any atom is -0.480 e. The van der Waals surface area contributed by atoms with Crippen LogP contribution in [-0.4, -0.2) is 39.5 Å². The molecule has 0 aromatic heterocycles. The Morgan fingerprint density at radius 1 is 1.32 bits per heavy atom. The lowest BCUT2D eigenvalue weighted by Crippen LogP contribution is -2.31. The number of halogens is 3. The van der Waals surface area contributed by atoms with Gasteiger partial charge in [0.2, 0.25) is 0 Å². The quantitative estimate of drug-likeness (QED) is 0.771. The van der Waals surface area contributed by atoms with Crippen LogP contribution >= 0.6 is 0 Å². The molecule has 1 atom stereocenters. The normalized spacial score (nSPS) is 13.5. The highest BCUT2D eigenvalue weighted by Crippen LogP contribution is 2.29. The molecule has 0 aliphatic carbocycles. The number of carbonyl (C=O) groups is 1. The molecule has 5 nitrogen and oxygen atoms in total. The predicted octanol–water partition coefficient (Wildman–Crippen LogP) is 2.60. The molecule has 0 radical (unpaired) electrons. The predicted molar refractivity (Wildman–Crippen MR) is 71.7 cm³/mol. The Hall–Kier alpha value is -1.77. The first-order valence-corrected chi connectivity index (χ1v) is 7.86. The summed E-state index contributed by atoms with van der Waals surface area (Å²) in [5.74, 6) is -1.60. The summed E-state index contributed by atoms with van der Waals surface area (Å²) in [7, 11) is -2.59. The number of rotatable bonds is 5. The molecule has 9 heteroatoms. The number of alkyl halides is 3. The van der Waals surface area contributed by atoms with Crippen LogP contribution in [0.4, 0.5) is 13.2 Å². The number of carbonyl (C=O) groups excluding carboxylic acids is 1. The number of hydrogen-bond acceptors (Lipinski definition) is 5. The molecule has 1 aromatic rings. The van der Waals surface area contributed by atoms with Gasteiger partial charge in [0, 0.05) is 0 Å². The first-order valence-electron chi connectivity index (χ1n) is 6.21. The highest BCUT2D eigenvalue weighted by Gasteiger charge is 2.38. The van der Waals surface area contributed by atoms with Crippen molar-refractivity contribution >= 4 is 15.8 Å². The maximum atomic E-state index is 12.5. The van der Waals surface area contributed by atoms with Gasteiger partial charge in [-0.25, -0.2) is 13.2 Å². The summed E-state index contributed by atoms with van der Waals surface area (Å²) in [6, 6.07) is 3.05. The van der Waals surface area contributed by atoms with E-state index in [4.69, 9.17) is 4.74 Å². The number of esters is 1. The average Bonchev–Trinajstić information content (AvgIpc) is 2.45. The van der Waals surface area contributed by atoms with Gasteiger partial charge in [-0.05, 0) is 25.1 Å². The van der Waals surface area contributed by atoms with E-state index in [1.54, 1.807) is 0 Å². The lowest BCUT2D eigenvalue weighted by Gasteiger charge is -2.19. The Kier molecular flexibility index (Phi) is 5.44. The summed E-state index contributed by atoms with van der Waals surface area (Å²) >= 11 is 0. The van der Waals surface area contributed by atoms with Gasteiger partial charge in [-0.2, -0.15) is 13.2 Å². The molecule has 0 N–H and O–H groups in total. The van der Waals surface area contributed by atoms with Crippen LogP contribution in [0.2, 0.25) is 0 Å². The molecule has 1 unspecified atom stereocenters. The SMILES string of the molecule is CCS(=O)(=O)c1ccc(OC(C)C(F)(F)F)c(C(=O)OC)c1. The smallest absolute Gasteiger partial charge is 0.425 e. The van der Waals surface area contributed by atoms with Gasteiger partial charge in [0.05, 0.1) is 17.8 Å². The van der Waals surface area contributed by atoms with E-state index >= 15 is 0 Å². The fourth-order valence-corrected chi connectivity index (χ4v) is 2.40. The minimum absolute atomic E-state index is 0.192. The van der Waals surface area contributed by atoms with Gasteiger partial charge < -0.3 is 9.47 Å². The van der Waals surface area contributed by atoms with Crippen LogP contribution in [0.1, 0.15) is 24.2 Å². The standard InChI is InChI=1S/C13H15F3O5S/c1-4-22(18,19)9-5-6-11(10(7-9)12(17)20-3)21-8(2)13(14,15)16/h5-8H,4H2,1-3H3. The third-order valence-electron chi connectivity index (χ3n) is 2.86. The summed E-state index contributed by atoms with van der Waals surface area (Å²) in [5, 5.41) is 0. The van der Waals surface area contributed by atoms with Crippen molar-refractivity contribution in [2.24, 2.45) is 0 Å². The van der Waals surface area contributed by atoms with E-state index in [1.165, 1.54) is 6.92 Å². The molecule has 0 amide bonds. The molecule has 1 rings (SSSR count). The molecule has 0 aliphatic rings. The number of benzene rings is 1. The van der Waals surface area contributed by atoms with E-state index in [-0.39, 0.29) is 16.2 Å². The van der Waals surface area contributed by atoms with Crippen molar-refractivity contribution in [3.05, 3.63) is 23.8 Å². The van der Waals surface area contributed by atoms with E-state index < -0.39 is 33.8 Å². The van der Waals surface area contributed by atoms with Crippen LogP contribution in [0.15, 0.2) is 23.1 Å². The Balaban J connectivity index is 3.32. The largest absolute Gasteiger partial charge is 0.480 e. The molecule has 22 heavy (non-hydrogen) atoms. The van der Waals surface area contributed by atoms with Gasteiger partial charge in [0.25, 0.3) is 0 Å². The van der Waals surface area contributed by atoms with Crippen LogP contribution in [0.25, 0.3) is 0 Å². The van der Waals surface area contributed by atoms with Crippen molar-refractivity contribution in [3.8, 4) is 5.75 Å². The van der Waals surface area contributed by atoms with Crippen molar-refractivity contribution in [3.63, 3.8) is 0 Å². The van der Waals surface area contributed by atoms with Gasteiger partial charge in [0.15, 0.2) is 15.9 Å². The minimum atomic E-state index is -4.62. The lowest BCUT2D eigenvalue weighted by molar-refractivity contribution is -0.189. The zero-order chi connectivity index (χ0) is 17.1. The zero-order valence-electron chi connectivity index (χ0n) is 12.1. The second kappa shape index (κ2) is 6.55. The first kappa shape index (κ1) is 18.3. The molecule has 1 aromatic carbocycles. The van der Waals surface area contributed by atoms with E-state index in [9.17, 15) is 26.4 Å². The Bertz CT molecular complexity index is 652. The second-order valence-electron chi connectivity index (χ2n) is 4.35. The molecule has 0 heterocycles. The monoisotopic (exact) mass is 340 g/mol. The summed E-state index contributed by atoms with van der Waals surface area (Å²) in [6.07, 6.45) is -6.79. The molecule has 0 fully saturated rings. The van der Waals surface area contributed by atoms with Crippen LogP contribution in [-0.2, 0) is 14.6 Å². The number of ether oxygens (including phenoxy) is 2. The molecular weight excluding hydrogens is 325 g/mol. The molecule has 124 valence electrons. The maximum absolute atomic E-state index is 12.5. The molecule has 0 bridgehead atoms. The number of hydrogen-bond donors (Lipinski definition) is 0. The van der Waals surface area contributed by atoms with E-state index in [1.807, 2.05) is 0 Å². The van der Waals surface area contributed by atoms with Gasteiger partial charge in [-0.3, -0.25) is 0 Å². The maximum Gasteiger partial charge on any atom is 0.425 e. The number of sulfone groups is 1. The molecular formula is C13H15F3O5S. The van der Waals surface area contributed by atoms with E-state index in [0.29, 0.717) is 0 Å². The molecule has 0 spiro atoms. The first-order chi connectivity index (χ1) is 10.0. The molecule has 0 aliphatic heterocycles. The highest BCUT2D eigenvalue weighted by atomic mass is 32.2. The average molecular weight is 340 g/mol. The summed E-state index contributed by atoms with van der Waals surface area (Å²) in [5.41, 5.74) is -0.381. The van der Waals surface area contributed by atoms with Crippen molar-refractivity contribution < 1.29 is 35.9 Å². The van der Waals surface area contributed by atoms with Crippen LogP contribution in [0.3, 0.4) is 0 Å². The van der Waals surface area contributed by atoms with Crippen LogP contribution in [0, 0.1) is 0 Å². The third-order valence-corrected chi connectivity index (χ3v) is 4.59. The van der Waals surface area contributed by atoms with Crippen molar-refractivity contribution in [1.29, 1.82) is 0 Å². The third kappa shape index (κ3) is 4.12. The molecule has 0 saturated carbocycles. The summed E-state index contributed by atoms with van der Waals surface area (Å²) < 4.78 is 70.3. The number of methoxy groups -OCH3 is 1. The Labute approximate surface area is 125 Å².